The summed E-state index contributed by atoms with van der Waals surface area (Å²) in [5, 5.41) is 0. The highest BCUT2D eigenvalue weighted by atomic mass is 32.2. The van der Waals surface area contributed by atoms with Gasteiger partial charge in [0, 0.05) is 6.20 Å². The summed E-state index contributed by atoms with van der Waals surface area (Å²) in [6.45, 7) is 2.01. The second-order valence-electron chi connectivity index (χ2n) is 3.49. The first-order valence-corrected chi connectivity index (χ1v) is 7.06. The molecule has 0 atom stereocenters. The first-order valence-electron chi connectivity index (χ1n) is 5.58. The van der Waals surface area contributed by atoms with Gasteiger partial charge in [0.05, 0.1) is 12.0 Å². The molecule has 0 spiro atoms. The standard InChI is InChI=1S/C13H17NO3S/c1-3-4-5-6-11-14-18(15,16)13-9-7-12(17-2)8-10-13/h4-11,14H,3H2,1-2H3. The van der Waals surface area contributed by atoms with Crippen LogP contribution in [0.4, 0.5) is 0 Å². The van der Waals surface area contributed by atoms with Crippen LogP contribution in [-0.2, 0) is 10.0 Å². The predicted molar refractivity (Wildman–Crippen MR) is 71.9 cm³/mol. The topological polar surface area (TPSA) is 55.4 Å². The fourth-order valence-corrected chi connectivity index (χ4v) is 2.11. The summed E-state index contributed by atoms with van der Waals surface area (Å²) in [5.41, 5.74) is 0. The van der Waals surface area contributed by atoms with Crippen molar-refractivity contribution in [3.05, 3.63) is 48.7 Å². The Morgan fingerprint density at radius 1 is 1.22 bits per heavy atom. The summed E-state index contributed by atoms with van der Waals surface area (Å²) in [6.07, 6.45) is 7.67. The molecule has 0 fully saturated rings. The van der Waals surface area contributed by atoms with Gasteiger partial charge in [0.15, 0.2) is 0 Å². The van der Waals surface area contributed by atoms with E-state index >= 15 is 0 Å². The number of hydrogen-bond acceptors (Lipinski definition) is 3. The molecule has 0 saturated heterocycles. The van der Waals surface area contributed by atoms with Crippen LogP contribution in [0.3, 0.4) is 0 Å². The van der Waals surface area contributed by atoms with Crippen LogP contribution in [-0.4, -0.2) is 15.5 Å². The van der Waals surface area contributed by atoms with Gasteiger partial charge >= 0.3 is 0 Å². The zero-order valence-corrected chi connectivity index (χ0v) is 11.3. The minimum absolute atomic E-state index is 0.201. The minimum Gasteiger partial charge on any atom is -0.497 e. The smallest absolute Gasteiger partial charge is 0.261 e. The van der Waals surface area contributed by atoms with Crippen molar-refractivity contribution < 1.29 is 13.2 Å². The maximum atomic E-state index is 11.8. The van der Waals surface area contributed by atoms with Crippen molar-refractivity contribution >= 4 is 10.0 Å². The Kier molecular flexibility index (Phi) is 5.45. The van der Waals surface area contributed by atoms with Gasteiger partial charge in [-0.05, 0) is 36.8 Å². The van der Waals surface area contributed by atoms with E-state index in [0.29, 0.717) is 5.75 Å². The molecule has 1 aromatic carbocycles. The van der Waals surface area contributed by atoms with Crippen LogP contribution in [0, 0.1) is 0 Å². The van der Waals surface area contributed by atoms with Gasteiger partial charge in [0.25, 0.3) is 10.0 Å². The Morgan fingerprint density at radius 3 is 2.44 bits per heavy atom. The van der Waals surface area contributed by atoms with Crippen LogP contribution in [0.25, 0.3) is 0 Å². The molecular formula is C13H17NO3S. The lowest BCUT2D eigenvalue weighted by molar-refractivity contribution is 0.414. The van der Waals surface area contributed by atoms with E-state index in [1.54, 1.807) is 24.3 Å². The van der Waals surface area contributed by atoms with Gasteiger partial charge in [-0.25, -0.2) is 8.42 Å². The van der Waals surface area contributed by atoms with E-state index in [9.17, 15) is 8.42 Å². The van der Waals surface area contributed by atoms with Crippen LogP contribution in [0.2, 0.25) is 0 Å². The number of sulfonamides is 1. The van der Waals surface area contributed by atoms with Crippen molar-refractivity contribution in [3.8, 4) is 5.75 Å². The van der Waals surface area contributed by atoms with Crippen LogP contribution < -0.4 is 9.46 Å². The van der Waals surface area contributed by atoms with E-state index in [0.717, 1.165) is 6.42 Å². The highest BCUT2D eigenvalue weighted by Crippen LogP contribution is 2.15. The van der Waals surface area contributed by atoms with Crippen molar-refractivity contribution in [2.45, 2.75) is 18.2 Å². The SMILES string of the molecule is CCC=CC=CNS(=O)(=O)c1ccc(OC)cc1. The summed E-state index contributed by atoms with van der Waals surface area (Å²) < 4.78 is 31.0. The van der Waals surface area contributed by atoms with Crippen molar-refractivity contribution in [2.75, 3.05) is 7.11 Å². The molecule has 0 unspecified atom stereocenters. The van der Waals surface area contributed by atoms with Crippen molar-refractivity contribution in [2.24, 2.45) is 0 Å². The maximum absolute atomic E-state index is 11.8. The molecule has 1 N–H and O–H groups in total. The highest BCUT2D eigenvalue weighted by Gasteiger charge is 2.10. The van der Waals surface area contributed by atoms with Gasteiger partial charge < -0.3 is 4.74 Å². The predicted octanol–water partition coefficient (Wildman–Crippen LogP) is 2.45. The molecule has 0 amide bonds. The average Bonchev–Trinajstić information content (AvgIpc) is 2.38. The van der Waals surface area contributed by atoms with Crippen LogP contribution >= 0.6 is 0 Å². The molecule has 0 aromatic heterocycles. The van der Waals surface area contributed by atoms with Crippen molar-refractivity contribution in [1.29, 1.82) is 0 Å². The van der Waals surface area contributed by atoms with Crippen molar-refractivity contribution in [1.82, 2.24) is 4.72 Å². The quantitative estimate of drug-likeness (QED) is 0.805. The second-order valence-corrected chi connectivity index (χ2v) is 5.21. The summed E-state index contributed by atoms with van der Waals surface area (Å²) in [6, 6.07) is 6.21. The van der Waals surface area contributed by atoms with Gasteiger partial charge in [0.1, 0.15) is 5.75 Å². The van der Waals surface area contributed by atoms with Crippen LogP contribution in [0.15, 0.2) is 53.6 Å². The summed E-state index contributed by atoms with van der Waals surface area (Å²) in [7, 11) is -1.97. The number of ether oxygens (including phenoxy) is 1. The fourth-order valence-electron chi connectivity index (χ4n) is 1.22. The number of methoxy groups -OCH3 is 1. The monoisotopic (exact) mass is 267 g/mol. The Bertz CT molecular complexity index is 516. The van der Waals surface area contributed by atoms with Gasteiger partial charge in [0.2, 0.25) is 0 Å². The molecule has 0 heterocycles. The van der Waals surface area contributed by atoms with E-state index in [1.807, 2.05) is 13.0 Å². The maximum Gasteiger partial charge on any atom is 0.261 e. The third kappa shape index (κ3) is 4.25. The van der Waals surface area contributed by atoms with E-state index in [-0.39, 0.29) is 4.90 Å². The number of hydrogen-bond donors (Lipinski definition) is 1. The molecule has 1 rings (SSSR count). The molecule has 0 aliphatic carbocycles. The first-order chi connectivity index (χ1) is 8.60. The number of allylic oxidation sites excluding steroid dienone is 3. The van der Waals surface area contributed by atoms with E-state index in [1.165, 1.54) is 25.4 Å². The van der Waals surface area contributed by atoms with Crippen LogP contribution in [0.1, 0.15) is 13.3 Å². The average molecular weight is 267 g/mol. The Hall–Kier alpha value is -1.75. The Balaban J connectivity index is 2.73. The zero-order chi connectivity index (χ0) is 13.4. The second kappa shape index (κ2) is 6.86. The van der Waals surface area contributed by atoms with E-state index in [2.05, 4.69) is 4.72 Å². The lowest BCUT2D eigenvalue weighted by atomic mass is 10.3. The molecule has 5 heteroatoms. The largest absolute Gasteiger partial charge is 0.497 e. The summed E-state index contributed by atoms with van der Waals surface area (Å²) in [5.74, 6) is 0.621. The Labute approximate surface area is 108 Å². The molecule has 98 valence electrons. The first kappa shape index (κ1) is 14.3. The molecule has 0 radical (unpaired) electrons. The molecule has 4 nitrogen and oxygen atoms in total. The third-order valence-corrected chi connectivity index (χ3v) is 3.51. The van der Waals surface area contributed by atoms with E-state index < -0.39 is 10.0 Å². The molecule has 1 aromatic rings. The number of benzene rings is 1. The van der Waals surface area contributed by atoms with E-state index in [4.69, 9.17) is 4.74 Å². The van der Waals surface area contributed by atoms with Gasteiger partial charge in [-0.1, -0.05) is 19.1 Å². The number of nitrogens with one attached hydrogen (secondary N) is 1. The zero-order valence-electron chi connectivity index (χ0n) is 10.5. The molecule has 0 bridgehead atoms. The fraction of sp³-hybridized carbons (Fsp3) is 0.231. The molecule has 18 heavy (non-hydrogen) atoms. The minimum atomic E-state index is -3.50. The summed E-state index contributed by atoms with van der Waals surface area (Å²) in [4.78, 5) is 0.201. The van der Waals surface area contributed by atoms with Gasteiger partial charge in [-0.2, -0.15) is 0 Å². The Morgan fingerprint density at radius 2 is 1.89 bits per heavy atom. The summed E-state index contributed by atoms with van der Waals surface area (Å²) >= 11 is 0. The lowest BCUT2D eigenvalue weighted by Crippen LogP contribution is -2.17. The normalized spacial score (nSPS) is 12.1. The van der Waals surface area contributed by atoms with Gasteiger partial charge in [-0.3, -0.25) is 4.72 Å². The van der Waals surface area contributed by atoms with Crippen molar-refractivity contribution in [3.63, 3.8) is 0 Å². The van der Waals surface area contributed by atoms with Gasteiger partial charge in [-0.15, -0.1) is 0 Å². The molecule has 0 saturated carbocycles. The molecule has 0 aliphatic rings. The van der Waals surface area contributed by atoms with Crippen LogP contribution in [0.5, 0.6) is 5.75 Å². The third-order valence-electron chi connectivity index (χ3n) is 2.17. The highest BCUT2D eigenvalue weighted by molar-refractivity contribution is 7.89. The number of rotatable bonds is 6. The lowest BCUT2D eigenvalue weighted by Gasteiger charge is -2.04. The molecule has 0 aliphatic heterocycles. The molecular weight excluding hydrogens is 250 g/mol.